The van der Waals surface area contributed by atoms with Crippen molar-refractivity contribution in [3.05, 3.63) is 10.8 Å². The summed E-state index contributed by atoms with van der Waals surface area (Å²) in [5.74, 6) is 0.793. The number of nitrogens with zero attached hydrogens (tertiary/aromatic N) is 2. The van der Waals surface area contributed by atoms with Gasteiger partial charge in [-0.05, 0) is 0 Å². The van der Waals surface area contributed by atoms with E-state index in [0.29, 0.717) is 11.6 Å². The highest BCUT2D eigenvalue weighted by Gasteiger charge is 2.21. The lowest BCUT2D eigenvalue weighted by molar-refractivity contribution is -0.144. The van der Waals surface area contributed by atoms with Crippen molar-refractivity contribution in [2.24, 2.45) is 0 Å². The van der Waals surface area contributed by atoms with Crippen LogP contribution in [0.15, 0.2) is 5.16 Å². The lowest BCUT2D eigenvalue weighted by Crippen LogP contribution is -2.07. The van der Waals surface area contributed by atoms with Crippen molar-refractivity contribution in [3.63, 3.8) is 0 Å². The van der Waals surface area contributed by atoms with E-state index in [2.05, 4.69) is 4.98 Å². The van der Waals surface area contributed by atoms with Crippen molar-refractivity contribution in [3.8, 4) is 0 Å². The van der Waals surface area contributed by atoms with Crippen LogP contribution in [0.2, 0.25) is 5.15 Å². The number of carbonyl (C=O) groups excluding carboxylic acids is 1. The molecule has 0 amide bonds. The van der Waals surface area contributed by atoms with Crippen LogP contribution in [-0.4, -0.2) is 21.3 Å². The second-order valence-corrected chi connectivity index (χ2v) is 4.57. The molecule has 0 unspecified atom stereocenters. The average Bonchev–Trinajstić information content (AvgIpc) is 2.75. The number of hydrogen-bond donors (Lipinski definition) is 0. The van der Waals surface area contributed by atoms with Gasteiger partial charge in [0, 0.05) is 18.7 Å². The summed E-state index contributed by atoms with van der Waals surface area (Å²) in [5, 5.41) is 1.36. The van der Waals surface area contributed by atoms with Crippen LogP contribution < -0.4 is 0 Å². The number of halogens is 2. The largest absolute Gasteiger partial charge is 0.459 e. The molecular weight excluding hydrogens is 316 g/mol. The first kappa shape index (κ1) is 13.9. The first-order valence-electron chi connectivity index (χ1n) is 4.75. The normalized spacial score (nSPS) is 13.1. The van der Waals surface area contributed by atoms with Gasteiger partial charge in [-0.2, -0.15) is 0 Å². The Morgan fingerprint density at radius 1 is 1.69 bits per heavy atom. The van der Waals surface area contributed by atoms with Gasteiger partial charge in [-0.1, -0.05) is 30.3 Å². The van der Waals surface area contributed by atoms with E-state index in [4.69, 9.17) is 16.3 Å². The Morgan fingerprint density at radius 2 is 2.44 bits per heavy atom. The molecule has 2 heterocycles. The Hall–Kier alpha value is -0.200. The number of thioether (sulfide) groups is 1. The van der Waals surface area contributed by atoms with Crippen molar-refractivity contribution in [2.45, 2.75) is 31.7 Å². The van der Waals surface area contributed by atoms with Gasteiger partial charge in [-0.25, -0.2) is 4.98 Å². The Morgan fingerprint density at radius 3 is 3.12 bits per heavy atom. The molecule has 16 heavy (non-hydrogen) atoms. The summed E-state index contributed by atoms with van der Waals surface area (Å²) in [5.41, 5.74) is 0.804. The molecule has 0 spiro atoms. The predicted molar refractivity (Wildman–Crippen MR) is 68.4 cm³/mol. The van der Waals surface area contributed by atoms with Crippen LogP contribution >= 0.6 is 40.3 Å². The third-order valence-electron chi connectivity index (χ3n) is 2.19. The molecule has 0 aliphatic carbocycles. The van der Waals surface area contributed by atoms with Crippen LogP contribution in [0.3, 0.4) is 0 Å². The number of imidazole rings is 1. The van der Waals surface area contributed by atoms with Crippen LogP contribution in [0, 0.1) is 0 Å². The molecule has 90 valence electrons. The fourth-order valence-electron chi connectivity index (χ4n) is 1.39. The molecule has 0 bridgehead atoms. The van der Waals surface area contributed by atoms with E-state index in [1.54, 1.807) is 18.7 Å². The van der Waals surface area contributed by atoms with Crippen LogP contribution in [0.1, 0.15) is 19.0 Å². The summed E-state index contributed by atoms with van der Waals surface area (Å²) in [6, 6.07) is 0. The van der Waals surface area contributed by atoms with Gasteiger partial charge in [0.25, 0.3) is 0 Å². The van der Waals surface area contributed by atoms with E-state index in [-0.39, 0.29) is 29.6 Å². The number of hydrogen-bond acceptors (Lipinski definition) is 4. The number of ether oxygens (including phenoxy) is 1. The Kier molecular flexibility index (Phi) is 5.14. The molecular formula is C9H12BrClN2O2S. The third-order valence-corrected chi connectivity index (χ3v) is 3.45. The average molecular weight is 328 g/mol. The standard InChI is InChI=1S/C9H11ClN2O2S.BrH/c1-2-7(13)14-5-6-8(10)11-9-12(6)3-4-15-9;/h2-5H2,1H3;1H. The van der Waals surface area contributed by atoms with Crippen molar-refractivity contribution >= 4 is 46.3 Å². The van der Waals surface area contributed by atoms with E-state index >= 15 is 0 Å². The van der Waals surface area contributed by atoms with E-state index in [1.165, 1.54) is 0 Å². The summed E-state index contributed by atoms with van der Waals surface area (Å²) in [6.07, 6.45) is 0.382. The summed E-state index contributed by atoms with van der Waals surface area (Å²) in [6.45, 7) is 2.87. The lowest BCUT2D eigenvalue weighted by Gasteiger charge is -2.05. The van der Waals surface area contributed by atoms with Crippen molar-refractivity contribution in [1.82, 2.24) is 9.55 Å². The fourth-order valence-corrected chi connectivity index (χ4v) is 2.65. The van der Waals surface area contributed by atoms with Crippen LogP contribution in [0.25, 0.3) is 0 Å². The second kappa shape index (κ2) is 5.93. The summed E-state index contributed by atoms with van der Waals surface area (Å²) in [7, 11) is 0. The molecule has 0 radical (unpaired) electrons. The lowest BCUT2D eigenvalue weighted by atomic mass is 10.4. The van der Waals surface area contributed by atoms with Crippen LogP contribution in [0.4, 0.5) is 0 Å². The van der Waals surface area contributed by atoms with Gasteiger partial charge in [0.15, 0.2) is 10.3 Å². The Balaban J connectivity index is 0.00000128. The van der Waals surface area contributed by atoms with Gasteiger partial charge in [0.1, 0.15) is 6.61 Å². The quantitative estimate of drug-likeness (QED) is 0.801. The minimum absolute atomic E-state index is 0. The maximum atomic E-state index is 11.0. The monoisotopic (exact) mass is 326 g/mol. The van der Waals surface area contributed by atoms with Gasteiger partial charge >= 0.3 is 5.97 Å². The zero-order valence-electron chi connectivity index (χ0n) is 8.73. The van der Waals surface area contributed by atoms with Crippen LogP contribution in [0.5, 0.6) is 0 Å². The highest BCUT2D eigenvalue weighted by molar-refractivity contribution is 8.93. The molecule has 0 N–H and O–H groups in total. The van der Waals surface area contributed by atoms with Gasteiger partial charge < -0.3 is 9.30 Å². The predicted octanol–water partition coefficient (Wildman–Crippen LogP) is 2.67. The number of aromatic nitrogens is 2. The maximum Gasteiger partial charge on any atom is 0.305 e. The zero-order chi connectivity index (χ0) is 10.8. The number of fused-ring (bicyclic) bond motifs is 1. The molecule has 0 atom stereocenters. The van der Waals surface area contributed by atoms with Crippen molar-refractivity contribution < 1.29 is 9.53 Å². The smallest absolute Gasteiger partial charge is 0.305 e. The molecule has 1 aliphatic heterocycles. The zero-order valence-corrected chi connectivity index (χ0v) is 12.0. The molecule has 0 saturated carbocycles. The molecule has 7 heteroatoms. The second-order valence-electron chi connectivity index (χ2n) is 3.15. The summed E-state index contributed by atoms with van der Waals surface area (Å²) >= 11 is 7.62. The number of carbonyl (C=O) groups is 1. The van der Waals surface area contributed by atoms with Gasteiger partial charge in [-0.3, -0.25) is 4.79 Å². The highest BCUT2D eigenvalue weighted by atomic mass is 79.9. The molecule has 1 aromatic heterocycles. The molecule has 4 nitrogen and oxygen atoms in total. The molecule has 2 rings (SSSR count). The first-order valence-corrected chi connectivity index (χ1v) is 6.12. The topological polar surface area (TPSA) is 44.1 Å². The summed E-state index contributed by atoms with van der Waals surface area (Å²) in [4.78, 5) is 15.2. The van der Waals surface area contributed by atoms with E-state index in [0.717, 1.165) is 23.1 Å². The third kappa shape index (κ3) is 2.73. The molecule has 0 saturated heterocycles. The molecule has 0 fully saturated rings. The van der Waals surface area contributed by atoms with E-state index in [9.17, 15) is 4.79 Å². The fraction of sp³-hybridized carbons (Fsp3) is 0.556. The van der Waals surface area contributed by atoms with E-state index < -0.39 is 0 Å². The van der Waals surface area contributed by atoms with E-state index in [1.807, 2.05) is 4.57 Å². The minimum Gasteiger partial charge on any atom is -0.459 e. The van der Waals surface area contributed by atoms with Gasteiger partial charge in [0.05, 0.1) is 5.69 Å². The first-order chi connectivity index (χ1) is 7.22. The van der Waals surface area contributed by atoms with Crippen molar-refractivity contribution in [2.75, 3.05) is 5.75 Å². The Bertz CT molecular complexity index is 397. The molecule has 1 aliphatic rings. The number of rotatable bonds is 3. The minimum atomic E-state index is -0.215. The SMILES string of the molecule is Br.CCC(=O)OCc1c(Cl)nc2n1CCS2. The van der Waals surface area contributed by atoms with Crippen LogP contribution in [-0.2, 0) is 22.7 Å². The Labute approximate surface area is 113 Å². The van der Waals surface area contributed by atoms with Gasteiger partial charge in [0.2, 0.25) is 0 Å². The van der Waals surface area contributed by atoms with Crippen molar-refractivity contribution in [1.29, 1.82) is 0 Å². The van der Waals surface area contributed by atoms with Gasteiger partial charge in [-0.15, -0.1) is 17.0 Å². The maximum absolute atomic E-state index is 11.0. The highest BCUT2D eigenvalue weighted by Crippen LogP contribution is 2.30. The number of esters is 1. The molecule has 1 aromatic rings. The molecule has 0 aromatic carbocycles. The summed E-state index contributed by atoms with van der Waals surface area (Å²) < 4.78 is 7.06.